The summed E-state index contributed by atoms with van der Waals surface area (Å²) in [6, 6.07) is 78.7. The van der Waals surface area contributed by atoms with Gasteiger partial charge >= 0.3 is 8.65 Å². The van der Waals surface area contributed by atoms with Gasteiger partial charge in [-0.3, -0.25) is 0 Å². The van der Waals surface area contributed by atoms with E-state index in [1.165, 1.54) is 59.5 Å². The van der Waals surface area contributed by atoms with Gasteiger partial charge in [-0.25, -0.2) is 0 Å². The molecule has 0 saturated carbocycles. The number of rotatable bonds is 5. The second kappa shape index (κ2) is 20.0. The molecule has 0 bridgehead atoms. The molecule has 0 aromatic heterocycles. The van der Waals surface area contributed by atoms with Crippen LogP contribution in [-0.2, 0) is 0 Å². The predicted molar refractivity (Wildman–Crippen MR) is 315 cm³/mol. The number of benzene rings is 10. The Balaban J connectivity index is 0.000000147. The fourth-order valence-electron chi connectivity index (χ4n) is 10.4. The van der Waals surface area contributed by atoms with Gasteiger partial charge in [-0.2, -0.15) is 0 Å². The quantitative estimate of drug-likeness (QED) is 0.161. The smallest absolute Gasteiger partial charge is 0.0622 e. The van der Waals surface area contributed by atoms with E-state index in [1.54, 1.807) is 11.8 Å². The summed E-state index contributed by atoms with van der Waals surface area (Å²) in [4.78, 5) is 4.66. The maximum Gasteiger partial charge on any atom is 0.516 e. The van der Waals surface area contributed by atoms with Crippen molar-refractivity contribution in [3.8, 4) is 11.1 Å². The minimum atomic E-state index is -0.748. The highest BCUT2D eigenvalue weighted by Crippen LogP contribution is 2.63. The second-order valence-electron chi connectivity index (χ2n) is 19.5. The van der Waals surface area contributed by atoms with Crippen LogP contribution in [0.3, 0.4) is 0 Å². The van der Waals surface area contributed by atoms with Crippen molar-refractivity contribution >= 4 is 103 Å². The zero-order valence-electron chi connectivity index (χ0n) is 43.1. The van der Waals surface area contributed by atoms with Crippen molar-refractivity contribution in [2.75, 3.05) is 0 Å². The summed E-state index contributed by atoms with van der Waals surface area (Å²) in [7, 11) is 0. The van der Waals surface area contributed by atoms with Crippen LogP contribution >= 0.6 is 47.0 Å². The third-order valence-electron chi connectivity index (χ3n) is 13.8. The van der Waals surface area contributed by atoms with E-state index in [9.17, 15) is 0 Å². The minimum absolute atomic E-state index is 0.703. The first-order valence-corrected chi connectivity index (χ1v) is 28.9. The molecule has 77 heavy (non-hydrogen) atoms. The first-order valence-electron chi connectivity index (χ1n) is 25.6. The zero-order chi connectivity index (χ0) is 52.3. The van der Waals surface area contributed by atoms with Gasteiger partial charge < -0.3 is 0 Å². The van der Waals surface area contributed by atoms with Crippen LogP contribution < -0.4 is 0 Å². The molecular weight excluding hydrogens is 1020 g/mol. The Labute approximate surface area is 465 Å². The average Bonchev–Trinajstić information content (AvgIpc) is 3.64. The lowest BCUT2D eigenvalue weighted by Gasteiger charge is -2.29. The first kappa shape index (κ1) is 48.9. The lowest BCUT2D eigenvalue weighted by atomic mass is 10.0. The Morgan fingerprint density at radius 1 is 0.312 bits per heavy atom. The SMILES string of the molecule is Cc1cc(C)c2c(c1)N=[N+](c1ccccc1)[C@@]1(Sc3cc4ccccc4cc3N=[N+]1c1ccccc1)S2.Cc1cc(C)c2c(c1)N=[N+](c1ccccc1)[C@]1(S2)Sc2c(cc(C)cc2-c2ccccc2)N=[N+]1c1ccccc1. The van der Waals surface area contributed by atoms with Gasteiger partial charge in [0.25, 0.3) is 0 Å². The van der Waals surface area contributed by atoms with Crippen LogP contribution in [0.1, 0.15) is 27.8 Å². The molecule has 0 fully saturated rings. The van der Waals surface area contributed by atoms with E-state index < -0.39 is 8.65 Å². The number of nitrogens with zero attached hydrogens (tertiary/aromatic N) is 8. The fourth-order valence-corrected chi connectivity index (χ4v) is 16.4. The van der Waals surface area contributed by atoms with Crippen LogP contribution in [0, 0.1) is 34.6 Å². The van der Waals surface area contributed by atoms with E-state index >= 15 is 0 Å². The summed E-state index contributed by atoms with van der Waals surface area (Å²) in [5.74, 6) is 0. The van der Waals surface area contributed by atoms with Crippen LogP contribution in [0.5, 0.6) is 0 Å². The van der Waals surface area contributed by atoms with Crippen molar-refractivity contribution in [1.82, 2.24) is 0 Å². The number of thioether (sulfide) groups is 4. The Morgan fingerprint density at radius 2 is 0.649 bits per heavy atom. The molecule has 2 spiro atoms. The van der Waals surface area contributed by atoms with Crippen LogP contribution in [0.25, 0.3) is 21.9 Å². The highest BCUT2D eigenvalue weighted by molar-refractivity contribution is 8.18. The van der Waals surface area contributed by atoms with Crippen LogP contribution in [0.2, 0.25) is 0 Å². The molecule has 0 saturated heterocycles. The number of aryl methyl sites for hydroxylation is 5. The molecule has 12 heteroatoms. The Kier molecular flexibility index (Phi) is 12.7. The summed E-state index contributed by atoms with van der Waals surface area (Å²) in [5.41, 5.74) is 16.4. The van der Waals surface area contributed by atoms with E-state index in [2.05, 4.69) is 266 Å². The molecule has 10 aromatic carbocycles. The summed E-state index contributed by atoms with van der Waals surface area (Å²) in [6.07, 6.45) is 0. The maximum absolute atomic E-state index is 5.43. The number of fused-ring (bicyclic) bond motifs is 5. The fraction of sp³-hybridized carbons (Fsp3) is 0.108. The van der Waals surface area contributed by atoms with Gasteiger partial charge in [0.15, 0.2) is 0 Å². The van der Waals surface area contributed by atoms with Crippen molar-refractivity contribution in [1.29, 1.82) is 0 Å². The number of azo groups is 8. The summed E-state index contributed by atoms with van der Waals surface area (Å²) in [6.45, 7) is 10.8. The highest BCUT2D eigenvalue weighted by Gasteiger charge is 2.67. The zero-order valence-corrected chi connectivity index (χ0v) is 46.3. The molecule has 2 atom stereocenters. The third-order valence-corrected chi connectivity index (χ3v) is 19.9. The molecule has 0 radical (unpaired) electrons. The Bertz CT molecular complexity index is 4100. The third kappa shape index (κ3) is 8.92. The predicted octanol–water partition coefficient (Wildman–Crippen LogP) is 20.5. The topological polar surface area (TPSA) is 61.5 Å². The summed E-state index contributed by atoms with van der Waals surface area (Å²) >= 11 is 7.26. The molecule has 10 aromatic rings. The van der Waals surface area contributed by atoms with E-state index in [-0.39, 0.29) is 0 Å². The van der Waals surface area contributed by atoms with Crippen molar-refractivity contribution < 1.29 is 18.8 Å². The minimum Gasteiger partial charge on any atom is -0.0622 e. The molecule has 4 aliphatic rings. The molecular formula is C65H52N8S4+4. The van der Waals surface area contributed by atoms with Gasteiger partial charge in [-0.15, -0.1) is 0 Å². The number of hydrogen-bond donors (Lipinski definition) is 0. The molecule has 372 valence electrons. The van der Waals surface area contributed by atoms with Gasteiger partial charge in [0, 0.05) is 87.8 Å². The maximum atomic E-state index is 5.43. The van der Waals surface area contributed by atoms with Crippen molar-refractivity contribution in [3.05, 3.63) is 252 Å². The first-order chi connectivity index (χ1) is 37.6. The van der Waals surface area contributed by atoms with Crippen LogP contribution in [0.15, 0.2) is 264 Å². The summed E-state index contributed by atoms with van der Waals surface area (Å²) < 4.78 is 7.18. The van der Waals surface area contributed by atoms with Crippen molar-refractivity contribution in [2.45, 2.75) is 62.9 Å². The van der Waals surface area contributed by atoms with Crippen LogP contribution in [0.4, 0.5) is 45.5 Å². The average molecular weight is 1070 g/mol. The molecule has 0 aliphatic carbocycles. The van der Waals surface area contributed by atoms with Gasteiger partial charge in [0.2, 0.25) is 22.7 Å². The molecule has 14 rings (SSSR count). The normalized spacial score (nSPS) is 17.9. The van der Waals surface area contributed by atoms with Crippen molar-refractivity contribution in [2.24, 2.45) is 20.5 Å². The standard InChI is InChI=1S/C34H28N4S2.C31H24N4S2/c1-23-19-25(3)32-30(21-23)35-37(27-15-9-5-10-16-27)34(39-32)38(28-17-11-6-12-18-28)36-31-22-24(2)20-29(33(31)40-34)26-13-7-4-8-14-26;1-21-17-22(2)30-28(18-21)33-35(26-15-7-4-8-16-26)31(37-30)34(25-13-5-3-6-14-25)32-27-19-23-11-9-10-12-24(23)20-29(27)36-31/h4-22H,1-3H3;3-20H,1-2H3/q2*+2/t34-;31-/m00/s1. The molecule has 0 unspecified atom stereocenters. The number of para-hydroxylation sites is 4. The van der Waals surface area contributed by atoms with E-state index in [0.717, 1.165) is 55.3 Å². The second-order valence-corrected chi connectivity index (χ2v) is 24.8. The molecule has 8 nitrogen and oxygen atoms in total. The number of hydrogen-bond acceptors (Lipinski definition) is 8. The summed E-state index contributed by atoms with van der Waals surface area (Å²) in [5, 5.41) is 23.8. The monoisotopic (exact) mass is 1070 g/mol. The van der Waals surface area contributed by atoms with Crippen molar-refractivity contribution in [3.63, 3.8) is 0 Å². The largest absolute Gasteiger partial charge is 0.516 e. The molecule has 4 heterocycles. The molecule has 0 N–H and O–H groups in total. The molecule has 4 aliphatic heterocycles. The lowest BCUT2D eigenvalue weighted by Crippen LogP contribution is -2.43. The van der Waals surface area contributed by atoms with Gasteiger partial charge in [0.1, 0.15) is 22.7 Å². The van der Waals surface area contributed by atoms with Gasteiger partial charge in [-0.05, 0) is 115 Å². The van der Waals surface area contributed by atoms with Gasteiger partial charge in [-0.1, -0.05) is 146 Å². The highest BCUT2D eigenvalue weighted by atomic mass is 32.2. The van der Waals surface area contributed by atoms with Gasteiger partial charge in [0.05, 0.1) is 66.6 Å². The van der Waals surface area contributed by atoms with E-state index in [0.29, 0.717) is 0 Å². The van der Waals surface area contributed by atoms with Crippen LogP contribution in [-0.4, -0.2) is 27.4 Å². The van der Waals surface area contributed by atoms with E-state index in [1.807, 2.05) is 47.4 Å². The Morgan fingerprint density at radius 3 is 1.09 bits per heavy atom. The molecule has 0 amide bonds. The lowest BCUT2D eigenvalue weighted by molar-refractivity contribution is -0.752. The Hall–Kier alpha value is -7.74. The van der Waals surface area contributed by atoms with E-state index in [4.69, 9.17) is 20.5 Å².